The summed E-state index contributed by atoms with van der Waals surface area (Å²) >= 11 is 2.12. The van der Waals surface area contributed by atoms with Crippen LogP contribution in [0.3, 0.4) is 0 Å². The van der Waals surface area contributed by atoms with Crippen molar-refractivity contribution in [2.24, 2.45) is 0 Å². The molecule has 1 rings (SSSR count). The third-order valence-corrected chi connectivity index (χ3v) is 2.09. The molecule has 0 aromatic heterocycles. The van der Waals surface area contributed by atoms with Crippen LogP contribution in [0.1, 0.15) is 0 Å². The average Bonchev–Trinajstić information content (AvgIpc) is 2.05. The van der Waals surface area contributed by atoms with E-state index >= 15 is 0 Å². The Morgan fingerprint density at radius 1 is 1.36 bits per heavy atom. The number of nitrogens with zero attached hydrogens (tertiary/aromatic N) is 1. The maximum atomic E-state index is 3.07. The SMILES string of the molecule is CN(C)c1cccc(NI)c1. The smallest absolute Gasteiger partial charge is 0.0560 e. The first kappa shape index (κ1) is 8.64. The predicted octanol–water partition coefficient (Wildman–Crippen LogP) is 2.51. The standard InChI is InChI=1S/C8H11IN2/c1-11(2)8-5-3-4-7(6-8)10-9/h3-6,10H,1-2H3. The van der Waals surface area contributed by atoms with Gasteiger partial charge in [-0.1, -0.05) is 6.07 Å². The van der Waals surface area contributed by atoms with E-state index in [0.29, 0.717) is 0 Å². The van der Waals surface area contributed by atoms with Crippen molar-refractivity contribution in [2.45, 2.75) is 0 Å². The van der Waals surface area contributed by atoms with Crippen LogP contribution in [-0.2, 0) is 0 Å². The van der Waals surface area contributed by atoms with E-state index in [9.17, 15) is 0 Å². The van der Waals surface area contributed by atoms with Crippen LogP contribution in [0, 0.1) is 0 Å². The van der Waals surface area contributed by atoms with Crippen molar-refractivity contribution in [1.29, 1.82) is 0 Å². The Hall–Kier alpha value is -0.450. The average molecular weight is 262 g/mol. The molecule has 3 heteroatoms. The largest absolute Gasteiger partial charge is 0.378 e. The van der Waals surface area contributed by atoms with Gasteiger partial charge in [0.2, 0.25) is 0 Å². The molecule has 11 heavy (non-hydrogen) atoms. The fraction of sp³-hybridized carbons (Fsp3) is 0.250. The van der Waals surface area contributed by atoms with Crippen molar-refractivity contribution < 1.29 is 0 Å². The van der Waals surface area contributed by atoms with Crippen molar-refractivity contribution >= 4 is 34.2 Å². The number of rotatable bonds is 2. The first-order valence-corrected chi connectivity index (χ1v) is 4.46. The van der Waals surface area contributed by atoms with Crippen LogP contribution in [0.25, 0.3) is 0 Å². The number of halogens is 1. The number of anilines is 2. The lowest BCUT2D eigenvalue weighted by Crippen LogP contribution is -2.08. The summed E-state index contributed by atoms with van der Waals surface area (Å²) in [5.41, 5.74) is 2.35. The quantitative estimate of drug-likeness (QED) is 0.650. The lowest BCUT2D eigenvalue weighted by Gasteiger charge is -2.12. The molecule has 1 N–H and O–H groups in total. The van der Waals surface area contributed by atoms with Gasteiger partial charge < -0.3 is 8.43 Å². The molecule has 1 aromatic rings. The monoisotopic (exact) mass is 262 g/mol. The van der Waals surface area contributed by atoms with Crippen LogP contribution in [0.4, 0.5) is 11.4 Å². The third kappa shape index (κ3) is 2.25. The van der Waals surface area contributed by atoms with E-state index in [0.717, 1.165) is 5.69 Å². The molecule has 60 valence electrons. The molecule has 0 heterocycles. The lowest BCUT2D eigenvalue weighted by atomic mass is 10.3. The van der Waals surface area contributed by atoms with E-state index in [4.69, 9.17) is 0 Å². The summed E-state index contributed by atoms with van der Waals surface area (Å²) in [5.74, 6) is 0. The molecule has 0 spiro atoms. The molecular weight excluding hydrogens is 251 g/mol. The van der Waals surface area contributed by atoms with Gasteiger partial charge in [-0.15, -0.1) is 0 Å². The first-order valence-electron chi connectivity index (χ1n) is 3.38. The molecule has 0 bridgehead atoms. The maximum Gasteiger partial charge on any atom is 0.0560 e. The summed E-state index contributed by atoms with van der Waals surface area (Å²) in [6, 6.07) is 8.26. The van der Waals surface area contributed by atoms with Gasteiger partial charge in [0, 0.05) is 25.5 Å². The highest BCUT2D eigenvalue weighted by molar-refractivity contribution is 14.1. The van der Waals surface area contributed by atoms with Gasteiger partial charge in [-0.05, 0) is 18.2 Å². The van der Waals surface area contributed by atoms with Crippen molar-refractivity contribution in [3.8, 4) is 0 Å². The van der Waals surface area contributed by atoms with Gasteiger partial charge in [-0.3, -0.25) is 0 Å². The maximum absolute atomic E-state index is 3.07. The van der Waals surface area contributed by atoms with E-state index < -0.39 is 0 Å². The summed E-state index contributed by atoms with van der Waals surface area (Å²) < 4.78 is 3.07. The van der Waals surface area contributed by atoms with Crippen LogP contribution in [0.2, 0.25) is 0 Å². The summed E-state index contributed by atoms with van der Waals surface area (Å²) in [5, 5.41) is 0. The van der Waals surface area contributed by atoms with Crippen LogP contribution >= 0.6 is 22.9 Å². The molecule has 0 radical (unpaired) electrons. The Balaban J connectivity index is 2.91. The van der Waals surface area contributed by atoms with Crippen LogP contribution in [-0.4, -0.2) is 14.1 Å². The molecule has 0 unspecified atom stereocenters. The number of benzene rings is 1. The highest BCUT2D eigenvalue weighted by Crippen LogP contribution is 2.17. The Kier molecular flexibility index (Phi) is 2.99. The fourth-order valence-corrected chi connectivity index (χ4v) is 1.18. The summed E-state index contributed by atoms with van der Waals surface area (Å²) in [7, 11) is 4.07. The summed E-state index contributed by atoms with van der Waals surface area (Å²) in [6.07, 6.45) is 0. The molecule has 0 aliphatic heterocycles. The van der Waals surface area contributed by atoms with Crippen LogP contribution < -0.4 is 8.43 Å². The Morgan fingerprint density at radius 2 is 2.09 bits per heavy atom. The third-order valence-electron chi connectivity index (χ3n) is 1.47. The van der Waals surface area contributed by atoms with E-state index in [-0.39, 0.29) is 0 Å². The minimum atomic E-state index is 1.14. The summed E-state index contributed by atoms with van der Waals surface area (Å²) in [6.45, 7) is 0. The second kappa shape index (κ2) is 3.80. The van der Waals surface area contributed by atoms with Crippen molar-refractivity contribution in [2.75, 3.05) is 22.5 Å². The highest BCUT2D eigenvalue weighted by Gasteiger charge is 1.94. The topological polar surface area (TPSA) is 15.3 Å². The molecular formula is C8H11IN2. The molecule has 0 aliphatic rings. The van der Waals surface area contributed by atoms with Crippen LogP contribution in [0.15, 0.2) is 24.3 Å². The van der Waals surface area contributed by atoms with Gasteiger partial charge in [0.05, 0.1) is 22.9 Å². The molecule has 0 aliphatic carbocycles. The highest BCUT2D eigenvalue weighted by atomic mass is 127. The van der Waals surface area contributed by atoms with Crippen molar-refractivity contribution in [1.82, 2.24) is 0 Å². The van der Waals surface area contributed by atoms with E-state index in [1.165, 1.54) is 5.69 Å². The van der Waals surface area contributed by atoms with Gasteiger partial charge in [-0.2, -0.15) is 0 Å². The van der Waals surface area contributed by atoms with Gasteiger partial charge >= 0.3 is 0 Å². The number of hydrogen-bond acceptors (Lipinski definition) is 2. The van der Waals surface area contributed by atoms with E-state index in [1.54, 1.807) is 0 Å². The molecule has 0 amide bonds. The fourth-order valence-electron chi connectivity index (χ4n) is 0.843. The second-order valence-electron chi connectivity index (χ2n) is 2.54. The Bertz CT molecular complexity index is 235. The zero-order valence-electron chi connectivity index (χ0n) is 6.63. The normalized spacial score (nSPS) is 9.36. The zero-order valence-corrected chi connectivity index (χ0v) is 8.79. The van der Waals surface area contributed by atoms with Crippen LogP contribution in [0.5, 0.6) is 0 Å². The zero-order chi connectivity index (χ0) is 8.27. The van der Waals surface area contributed by atoms with Gasteiger partial charge in [0.1, 0.15) is 0 Å². The molecule has 0 saturated carbocycles. The van der Waals surface area contributed by atoms with E-state index in [1.807, 2.05) is 26.2 Å². The van der Waals surface area contributed by atoms with E-state index in [2.05, 4.69) is 43.4 Å². The molecule has 2 nitrogen and oxygen atoms in total. The lowest BCUT2D eigenvalue weighted by molar-refractivity contribution is 1.13. The molecule has 0 atom stereocenters. The van der Waals surface area contributed by atoms with Crippen molar-refractivity contribution in [3.63, 3.8) is 0 Å². The van der Waals surface area contributed by atoms with Gasteiger partial charge in [0.25, 0.3) is 0 Å². The number of nitrogens with one attached hydrogen (secondary N) is 1. The first-order chi connectivity index (χ1) is 5.24. The second-order valence-corrected chi connectivity index (χ2v) is 3.08. The van der Waals surface area contributed by atoms with Gasteiger partial charge in [-0.25, -0.2) is 0 Å². The Labute approximate surface area is 81.1 Å². The molecule has 0 saturated heterocycles. The molecule has 1 aromatic carbocycles. The van der Waals surface area contributed by atoms with Gasteiger partial charge in [0.15, 0.2) is 0 Å². The van der Waals surface area contributed by atoms with Crippen molar-refractivity contribution in [3.05, 3.63) is 24.3 Å². The predicted molar refractivity (Wildman–Crippen MR) is 58.4 cm³/mol. The Morgan fingerprint density at radius 3 is 2.64 bits per heavy atom. The minimum Gasteiger partial charge on any atom is -0.378 e. The number of hydrogen-bond donors (Lipinski definition) is 1. The molecule has 0 fully saturated rings. The minimum absolute atomic E-state index is 1.14. The summed E-state index contributed by atoms with van der Waals surface area (Å²) in [4.78, 5) is 2.08.